The second kappa shape index (κ2) is 10.4. The van der Waals surface area contributed by atoms with Crippen molar-refractivity contribution in [2.45, 2.75) is 63.4 Å². The zero-order chi connectivity index (χ0) is 23.4. The molecule has 0 bridgehead atoms. The lowest BCUT2D eigenvalue weighted by molar-refractivity contribution is -0.156. The third-order valence-corrected chi connectivity index (χ3v) is 6.39. The number of aliphatic hydroxyl groups excluding tert-OH is 1. The van der Waals surface area contributed by atoms with Crippen molar-refractivity contribution in [3.05, 3.63) is 65.2 Å². The molecule has 2 aliphatic rings. The molecule has 7 nitrogen and oxygen atoms in total. The second-order valence-electron chi connectivity index (χ2n) is 8.78. The molecular formula is C26H31NO6. The normalized spacial score (nSPS) is 20.5. The molecule has 2 aromatic carbocycles. The lowest BCUT2D eigenvalue weighted by Gasteiger charge is -2.30. The van der Waals surface area contributed by atoms with Crippen LogP contribution in [0.15, 0.2) is 48.5 Å². The van der Waals surface area contributed by atoms with Gasteiger partial charge in [0.05, 0.1) is 19.3 Å². The summed E-state index contributed by atoms with van der Waals surface area (Å²) in [6, 6.07) is 14.6. The number of methoxy groups -OCH3 is 1. The first-order valence-electron chi connectivity index (χ1n) is 11.5. The van der Waals surface area contributed by atoms with Crippen molar-refractivity contribution >= 4 is 12.0 Å². The number of carbonyl (C=O) groups excluding carboxylic acids is 2. The Bertz CT molecular complexity index is 972. The molecule has 2 fully saturated rings. The van der Waals surface area contributed by atoms with E-state index in [-0.39, 0.29) is 12.7 Å². The van der Waals surface area contributed by atoms with E-state index in [4.69, 9.17) is 14.2 Å². The summed E-state index contributed by atoms with van der Waals surface area (Å²) in [6.45, 7) is 2.03. The van der Waals surface area contributed by atoms with Crippen molar-refractivity contribution in [1.82, 2.24) is 4.90 Å². The third kappa shape index (κ3) is 5.20. The minimum atomic E-state index is -1.29. The summed E-state index contributed by atoms with van der Waals surface area (Å²) in [5, 5.41) is 11.3. The van der Waals surface area contributed by atoms with Gasteiger partial charge in [0.2, 0.25) is 0 Å². The number of amides is 2. The van der Waals surface area contributed by atoms with Crippen LogP contribution in [0.2, 0.25) is 0 Å². The summed E-state index contributed by atoms with van der Waals surface area (Å²) in [5.41, 5.74) is 2.41. The maximum atomic E-state index is 13.7. The average Bonchev–Trinajstić information content (AvgIpc) is 3.47. The fraction of sp³-hybridized carbons (Fsp3) is 0.462. The van der Waals surface area contributed by atoms with E-state index in [1.807, 2.05) is 43.3 Å². The minimum Gasteiger partial charge on any atom is -0.496 e. The first-order valence-corrected chi connectivity index (χ1v) is 11.5. The maximum Gasteiger partial charge on any atom is 0.417 e. The number of hydrogen-bond acceptors (Lipinski definition) is 6. The first-order chi connectivity index (χ1) is 16.0. The molecule has 1 saturated heterocycles. The van der Waals surface area contributed by atoms with Gasteiger partial charge in [-0.1, -0.05) is 55.3 Å². The molecule has 2 amide bonds. The fourth-order valence-electron chi connectivity index (χ4n) is 4.63. The maximum absolute atomic E-state index is 13.7. The molecule has 176 valence electrons. The Morgan fingerprint density at radius 3 is 2.61 bits per heavy atom. The molecule has 0 radical (unpaired) electrons. The van der Waals surface area contributed by atoms with E-state index in [1.54, 1.807) is 12.1 Å². The van der Waals surface area contributed by atoms with Crippen LogP contribution in [0.1, 0.15) is 48.5 Å². The van der Waals surface area contributed by atoms with Crippen LogP contribution in [0.5, 0.6) is 5.75 Å². The Hall–Kier alpha value is -2.90. The summed E-state index contributed by atoms with van der Waals surface area (Å²) >= 11 is 0. The van der Waals surface area contributed by atoms with E-state index in [0.29, 0.717) is 17.7 Å². The van der Waals surface area contributed by atoms with Gasteiger partial charge in [0, 0.05) is 5.56 Å². The zero-order valence-electron chi connectivity index (χ0n) is 19.1. The van der Waals surface area contributed by atoms with E-state index < -0.39 is 30.3 Å². The first kappa shape index (κ1) is 23.3. The van der Waals surface area contributed by atoms with Crippen LogP contribution in [0.3, 0.4) is 0 Å². The average molecular weight is 454 g/mol. The van der Waals surface area contributed by atoms with Crippen molar-refractivity contribution in [1.29, 1.82) is 0 Å². The number of aliphatic hydroxyl groups is 1. The van der Waals surface area contributed by atoms with Crippen molar-refractivity contribution in [3.63, 3.8) is 0 Å². The van der Waals surface area contributed by atoms with Gasteiger partial charge in [0.1, 0.15) is 18.5 Å². The van der Waals surface area contributed by atoms with Gasteiger partial charge in [-0.3, -0.25) is 4.79 Å². The van der Waals surface area contributed by atoms with Gasteiger partial charge in [0.15, 0.2) is 6.10 Å². The van der Waals surface area contributed by atoms with Gasteiger partial charge in [-0.2, -0.15) is 0 Å². The second-order valence-corrected chi connectivity index (χ2v) is 8.78. The standard InChI is InChI=1S/C26H31NO6/c1-17-12-13-21(22(14-17)31-2)23(28)24(33-20-10-6-7-11-20)25(29)27-19(16-32-26(27)30)15-18-8-4-3-5-9-18/h3-5,8-9,12-14,19-20,23-24,28H,6-7,10-11,15-16H2,1-2H3/t19-,23+,24-/m1/s1. The van der Waals surface area contributed by atoms with Crippen molar-refractivity contribution in [3.8, 4) is 5.75 Å². The Kier molecular flexibility index (Phi) is 7.30. The summed E-state index contributed by atoms with van der Waals surface area (Å²) in [6.07, 6.45) is 0.751. The third-order valence-electron chi connectivity index (χ3n) is 6.39. The largest absolute Gasteiger partial charge is 0.496 e. The number of ether oxygens (including phenoxy) is 3. The monoisotopic (exact) mass is 453 g/mol. The highest BCUT2D eigenvalue weighted by Crippen LogP contribution is 2.34. The van der Waals surface area contributed by atoms with E-state index in [9.17, 15) is 14.7 Å². The highest BCUT2D eigenvalue weighted by molar-refractivity contribution is 5.96. The van der Waals surface area contributed by atoms with Gasteiger partial charge in [0.25, 0.3) is 5.91 Å². The van der Waals surface area contributed by atoms with E-state index in [1.165, 1.54) is 7.11 Å². The quantitative estimate of drug-likeness (QED) is 0.651. The SMILES string of the molecule is COc1cc(C)ccc1[C@H](O)[C@@H](OC1CCCC1)C(=O)N1C(=O)OC[C@H]1Cc1ccccc1. The number of carbonyl (C=O) groups is 2. The van der Waals surface area contributed by atoms with E-state index >= 15 is 0 Å². The summed E-state index contributed by atoms with van der Waals surface area (Å²) in [4.78, 5) is 27.5. The summed E-state index contributed by atoms with van der Waals surface area (Å²) in [7, 11) is 1.52. The Balaban J connectivity index is 1.62. The molecule has 7 heteroatoms. The van der Waals surface area contributed by atoms with E-state index in [2.05, 4.69) is 0 Å². The summed E-state index contributed by atoms with van der Waals surface area (Å²) in [5.74, 6) is -0.111. The molecule has 4 rings (SSSR count). The molecule has 1 N–H and O–H groups in total. The molecule has 1 aliphatic heterocycles. The van der Waals surface area contributed by atoms with Crippen molar-refractivity contribution in [2.24, 2.45) is 0 Å². The van der Waals surface area contributed by atoms with Crippen molar-refractivity contribution in [2.75, 3.05) is 13.7 Å². The molecule has 33 heavy (non-hydrogen) atoms. The number of aryl methyl sites for hydroxylation is 1. The minimum absolute atomic E-state index is 0.111. The Morgan fingerprint density at radius 1 is 1.18 bits per heavy atom. The molecule has 0 unspecified atom stereocenters. The molecular weight excluding hydrogens is 422 g/mol. The number of imide groups is 1. The van der Waals surface area contributed by atoms with Crippen LogP contribution in [0, 0.1) is 6.92 Å². The van der Waals surface area contributed by atoms with Crippen LogP contribution >= 0.6 is 0 Å². The molecule has 1 heterocycles. The van der Waals surface area contributed by atoms with Gasteiger partial charge in [-0.25, -0.2) is 9.69 Å². The molecule has 0 aromatic heterocycles. The zero-order valence-corrected chi connectivity index (χ0v) is 19.1. The van der Waals surface area contributed by atoms with Crippen molar-refractivity contribution < 1.29 is 28.9 Å². The predicted molar refractivity (Wildman–Crippen MR) is 122 cm³/mol. The number of rotatable bonds is 8. The smallest absolute Gasteiger partial charge is 0.417 e. The number of nitrogens with zero attached hydrogens (tertiary/aromatic N) is 1. The highest BCUT2D eigenvalue weighted by atomic mass is 16.6. The number of cyclic esters (lactones) is 1. The van der Waals surface area contributed by atoms with Gasteiger partial charge in [-0.15, -0.1) is 0 Å². The van der Waals surface area contributed by atoms with Crippen LogP contribution in [-0.2, 0) is 20.7 Å². The molecule has 1 saturated carbocycles. The topological polar surface area (TPSA) is 85.3 Å². The number of hydrogen-bond donors (Lipinski definition) is 1. The fourth-order valence-corrected chi connectivity index (χ4v) is 4.63. The highest BCUT2D eigenvalue weighted by Gasteiger charge is 2.45. The Morgan fingerprint density at radius 2 is 1.91 bits per heavy atom. The van der Waals surface area contributed by atoms with Crippen LogP contribution in [-0.4, -0.2) is 54.0 Å². The lowest BCUT2D eigenvalue weighted by Crippen LogP contribution is -2.49. The Labute approximate surface area is 194 Å². The molecule has 1 aliphatic carbocycles. The molecule has 2 aromatic rings. The van der Waals surface area contributed by atoms with E-state index in [0.717, 1.165) is 41.7 Å². The molecule has 3 atom stereocenters. The van der Waals surface area contributed by atoms with Crippen LogP contribution in [0.4, 0.5) is 4.79 Å². The van der Waals surface area contributed by atoms with Crippen LogP contribution in [0.25, 0.3) is 0 Å². The lowest BCUT2D eigenvalue weighted by atomic mass is 9.99. The van der Waals surface area contributed by atoms with Gasteiger partial charge >= 0.3 is 6.09 Å². The number of benzene rings is 2. The van der Waals surface area contributed by atoms with Gasteiger partial charge < -0.3 is 19.3 Å². The van der Waals surface area contributed by atoms with Crippen LogP contribution < -0.4 is 4.74 Å². The molecule has 0 spiro atoms. The predicted octanol–water partition coefficient (Wildman–Crippen LogP) is 3.95. The summed E-state index contributed by atoms with van der Waals surface area (Å²) < 4.78 is 16.9. The van der Waals surface area contributed by atoms with Gasteiger partial charge in [-0.05, 0) is 43.4 Å².